The molecule has 0 unspecified atom stereocenters. The lowest BCUT2D eigenvalue weighted by Crippen LogP contribution is -2.24. The lowest BCUT2D eigenvalue weighted by molar-refractivity contribution is 0.102. The van der Waals surface area contributed by atoms with Crippen LogP contribution in [0.15, 0.2) is 36.5 Å². The van der Waals surface area contributed by atoms with Crippen LogP contribution in [0, 0.1) is 6.92 Å². The fourth-order valence-corrected chi connectivity index (χ4v) is 3.42. The summed E-state index contributed by atoms with van der Waals surface area (Å²) in [5, 5.41) is 3.04. The number of nitrogens with one attached hydrogen (secondary N) is 1. The molecule has 0 saturated carbocycles. The number of hydrogen-bond donors (Lipinski definition) is 1. The first-order valence-corrected chi connectivity index (χ1v) is 9.30. The molecule has 0 bridgehead atoms. The van der Waals surface area contributed by atoms with Crippen molar-refractivity contribution in [3.8, 4) is 0 Å². The van der Waals surface area contributed by atoms with E-state index in [1.807, 2.05) is 37.4 Å². The smallest absolute Gasteiger partial charge is 0.274 e. The summed E-state index contributed by atoms with van der Waals surface area (Å²) in [4.78, 5) is 19.4. The number of aromatic nitrogens is 1. The molecule has 1 aliphatic heterocycles. The van der Waals surface area contributed by atoms with Crippen molar-refractivity contribution in [3.05, 3.63) is 53.3 Å². The SMILES string of the molecule is CCc1cccc(C)c1NC(=O)c1ccc(N2CCCCCC2)cn1. The Morgan fingerprint density at radius 3 is 2.52 bits per heavy atom. The number of nitrogens with zero attached hydrogens (tertiary/aromatic N) is 2. The quantitative estimate of drug-likeness (QED) is 0.888. The van der Waals surface area contributed by atoms with Gasteiger partial charge < -0.3 is 10.2 Å². The first kappa shape index (κ1) is 17.5. The molecule has 0 radical (unpaired) electrons. The summed E-state index contributed by atoms with van der Waals surface area (Å²) in [5.74, 6) is -0.147. The molecule has 0 atom stereocenters. The zero-order valence-corrected chi connectivity index (χ0v) is 15.2. The molecule has 2 aromatic rings. The third kappa shape index (κ3) is 4.19. The molecule has 132 valence electrons. The van der Waals surface area contributed by atoms with E-state index in [-0.39, 0.29) is 5.91 Å². The second-order valence-electron chi connectivity index (χ2n) is 6.72. The normalized spacial score (nSPS) is 14.9. The van der Waals surface area contributed by atoms with Gasteiger partial charge in [0.15, 0.2) is 0 Å². The van der Waals surface area contributed by atoms with E-state index < -0.39 is 0 Å². The number of para-hydroxylation sites is 1. The second-order valence-corrected chi connectivity index (χ2v) is 6.72. The molecule has 0 spiro atoms. The monoisotopic (exact) mass is 337 g/mol. The zero-order valence-electron chi connectivity index (χ0n) is 15.2. The van der Waals surface area contributed by atoms with E-state index in [1.54, 1.807) is 0 Å². The van der Waals surface area contributed by atoms with E-state index in [9.17, 15) is 4.79 Å². The minimum atomic E-state index is -0.147. The van der Waals surface area contributed by atoms with Crippen LogP contribution < -0.4 is 10.2 Å². The van der Waals surface area contributed by atoms with Crippen LogP contribution in [-0.2, 0) is 6.42 Å². The number of carbonyl (C=O) groups is 1. The van der Waals surface area contributed by atoms with Gasteiger partial charge in [0, 0.05) is 18.8 Å². The van der Waals surface area contributed by atoms with E-state index in [1.165, 1.54) is 25.7 Å². The number of pyridine rings is 1. The molecule has 4 nitrogen and oxygen atoms in total. The lowest BCUT2D eigenvalue weighted by Gasteiger charge is -2.22. The van der Waals surface area contributed by atoms with Gasteiger partial charge >= 0.3 is 0 Å². The molecule has 2 heterocycles. The fourth-order valence-electron chi connectivity index (χ4n) is 3.42. The Kier molecular flexibility index (Phi) is 5.69. The van der Waals surface area contributed by atoms with Crippen molar-refractivity contribution in [2.24, 2.45) is 0 Å². The molecule has 3 rings (SSSR count). The molecule has 1 N–H and O–H groups in total. The predicted octanol–water partition coefficient (Wildman–Crippen LogP) is 4.59. The summed E-state index contributed by atoms with van der Waals surface area (Å²) in [6, 6.07) is 9.95. The Labute approximate surface area is 150 Å². The van der Waals surface area contributed by atoms with Crippen LogP contribution in [0.25, 0.3) is 0 Å². The summed E-state index contributed by atoms with van der Waals surface area (Å²) in [6.07, 6.45) is 7.79. The molecule has 1 aromatic carbocycles. The number of anilines is 2. The maximum absolute atomic E-state index is 12.6. The average Bonchev–Trinajstić information content (AvgIpc) is 2.93. The van der Waals surface area contributed by atoms with Gasteiger partial charge in [0.1, 0.15) is 5.69 Å². The van der Waals surface area contributed by atoms with Crippen LogP contribution in [0.5, 0.6) is 0 Å². The highest BCUT2D eigenvalue weighted by atomic mass is 16.1. The topological polar surface area (TPSA) is 45.2 Å². The van der Waals surface area contributed by atoms with Crippen LogP contribution in [0.2, 0.25) is 0 Å². The number of amides is 1. The van der Waals surface area contributed by atoms with Crippen LogP contribution in [-0.4, -0.2) is 24.0 Å². The fraction of sp³-hybridized carbons (Fsp3) is 0.429. The van der Waals surface area contributed by atoms with Gasteiger partial charge in [-0.05, 0) is 49.4 Å². The lowest BCUT2D eigenvalue weighted by atomic mass is 10.1. The van der Waals surface area contributed by atoms with Gasteiger partial charge in [-0.25, -0.2) is 4.98 Å². The minimum Gasteiger partial charge on any atom is -0.370 e. The van der Waals surface area contributed by atoms with Crippen molar-refractivity contribution in [2.45, 2.75) is 46.0 Å². The van der Waals surface area contributed by atoms with Gasteiger partial charge in [0.2, 0.25) is 0 Å². The Morgan fingerprint density at radius 1 is 1.12 bits per heavy atom. The molecule has 1 fully saturated rings. The van der Waals surface area contributed by atoms with Gasteiger partial charge in [0.05, 0.1) is 11.9 Å². The Bertz CT molecular complexity index is 716. The predicted molar refractivity (Wildman–Crippen MR) is 103 cm³/mol. The van der Waals surface area contributed by atoms with Gasteiger partial charge in [0.25, 0.3) is 5.91 Å². The Hall–Kier alpha value is -2.36. The van der Waals surface area contributed by atoms with E-state index in [2.05, 4.69) is 28.2 Å². The van der Waals surface area contributed by atoms with Crippen LogP contribution in [0.1, 0.15) is 54.2 Å². The van der Waals surface area contributed by atoms with E-state index in [0.717, 1.165) is 42.0 Å². The molecule has 0 aliphatic carbocycles. The molecular formula is C21H27N3O. The van der Waals surface area contributed by atoms with Crippen LogP contribution >= 0.6 is 0 Å². The molecule has 1 amide bonds. The number of benzene rings is 1. The zero-order chi connectivity index (χ0) is 17.6. The Morgan fingerprint density at radius 2 is 1.88 bits per heavy atom. The average molecular weight is 337 g/mol. The Balaban J connectivity index is 1.73. The van der Waals surface area contributed by atoms with Gasteiger partial charge in [-0.3, -0.25) is 4.79 Å². The van der Waals surface area contributed by atoms with Crippen LogP contribution in [0.3, 0.4) is 0 Å². The van der Waals surface area contributed by atoms with E-state index >= 15 is 0 Å². The number of carbonyl (C=O) groups excluding carboxylic acids is 1. The van der Waals surface area contributed by atoms with Crippen molar-refractivity contribution in [1.29, 1.82) is 0 Å². The van der Waals surface area contributed by atoms with Crippen molar-refractivity contribution >= 4 is 17.3 Å². The summed E-state index contributed by atoms with van der Waals surface area (Å²) in [7, 11) is 0. The maximum Gasteiger partial charge on any atom is 0.274 e. The second kappa shape index (κ2) is 8.15. The number of rotatable bonds is 4. The molecular weight excluding hydrogens is 310 g/mol. The van der Waals surface area contributed by atoms with E-state index in [4.69, 9.17) is 0 Å². The molecule has 1 aliphatic rings. The third-order valence-corrected chi connectivity index (χ3v) is 4.93. The van der Waals surface area contributed by atoms with E-state index in [0.29, 0.717) is 5.69 Å². The van der Waals surface area contributed by atoms with Gasteiger partial charge in [-0.15, -0.1) is 0 Å². The van der Waals surface area contributed by atoms with Crippen molar-refractivity contribution in [1.82, 2.24) is 4.98 Å². The summed E-state index contributed by atoms with van der Waals surface area (Å²) >= 11 is 0. The van der Waals surface area contributed by atoms with Crippen molar-refractivity contribution in [3.63, 3.8) is 0 Å². The molecule has 1 aromatic heterocycles. The van der Waals surface area contributed by atoms with Crippen molar-refractivity contribution < 1.29 is 4.79 Å². The molecule has 1 saturated heterocycles. The van der Waals surface area contributed by atoms with Gasteiger partial charge in [-0.1, -0.05) is 38.0 Å². The summed E-state index contributed by atoms with van der Waals surface area (Å²) in [6.45, 7) is 6.27. The third-order valence-electron chi connectivity index (χ3n) is 4.93. The summed E-state index contributed by atoms with van der Waals surface area (Å²) in [5.41, 5.74) is 4.71. The van der Waals surface area contributed by atoms with Crippen LogP contribution in [0.4, 0.5) is 11.4 Å². The maximum atomic E-state index is 12.6. The highest BCUT2D eigenvalue weighted by molar-refractivity contribution is 6.03. The number of hydrogen-bond acceptors (Lipinski definition) is 3. The first-order valence-electron chi connectivity index (χ1n) is 9.30. The van der Waals surface area contributed by atoms with Gasteiger partial charge in [-0.2, -0.15) is 0 Å². The molecule has 25 heavy (non-hydrogen) atoms. The first-order chi connectivity index (χ1) is 12.2. The largest absolute Gasteiger partial charge is 0.370 e. The molecule has 4 heteroatoms. The number of aryl methyl sites for hydroxylation is 2. The van der Waals surface area contributed by atoms with Crippen molar-refractivity contribution in [2.75, 3.05) is 23.3 Å². The summed E-state index contributed by atoms with van der Waals surface area (Å²) < 4.78 is 0. The standard InChI is InChI=1S/C21H27N3O/c1-3-17-10-8-9-16(2)20(17)23-21(25)19-12-11-18(15-22-19)24-13-6-4-5-7-14-24/h8-12,15H,3-7,13-14H2,1-2H3,(H,23,25). The minimum absolute atomic E-state index is 0.147. The highest BCUT2D eigenvalue weighted by Gasteiger charge is 2.14. The highest BCUT2D eigenvalue weighted by Crippen LogP contribution is 2.22.